The van der Waals surface area contributed by atoms with Gasteiger partial charge in [-0.2, -0.15) is 0 Å². The van der Waals surface area contributed by atoms with Crippen LogP contribution >= 0.6 is 15.9 Å². The Labute approximate surface area is 150 Å². The first-order chi connectivity index (χ1) is 11.5. The van der Waals surface area contributed by atoms with E-state index in [1.54, 1.807) is 6.07 Å². The predicted octanol–water partition coefficient (Wildman–Crippen LogP) is 4.70. The topological polar surface area (TPSA) is 33.2 Å². The van der Waals surface area contributed by atoms with Gasteiger partial charge >= 0.3 is 0 Å². The Morgan fingerprint density at radius 1 is 1.21 bits per heavy atom. The smallest absolute Gasteiger partial charge is 0.166 e. The van der Waals surface area contributed by atoms with Crippen molar-refractivity contribution in [1.82, 2.24) is 4.98 Å². The number of rotatable bonds is 3. The first kappa shape index (κ1) is 17.1. The number of carbonyl (C=O) groups is 1. The van der Waals surface area contributed by atoms with E-state index in [9.17, 15) is 9.18 Å². The number of Topliss-reactive ketones (excluding diaryl/α,β-unsaturated/α-hetero) is 1. The minimum Gasteiger partial charge on any atom is -0.357 e. The van der Waals surface area contributed by atoms with E-state index in [1.807, 2.05) is 19.9 Å². The van der Waals surface area contributed by atoms with E-state index in [1.165, 1.54) is 12.3 Å². The fraction of sp³-hybridized carbons (Fsp3) is 0.368. The van der Waals surface area contributed by atoms with Crippen LogP contribution in [0.4, 0.5) is 10.2 Å². The Bertz CT molecular complexity index is 753. The summed E-state index contributed by atoms with van der Waals surface area (Å²) in [5, 5.41) is 0. The average molecular weight is 391 g/mol. The Kier molecular flexibility index (Phi) is 4.99. The molecule has 0 saturated carbocycles. The molecule has 5 heteroatoms. The average Bonchev–Trinajstić information content (AvgIpc) is 2.58. The number of ketones is 1. The van der Waals surface area contributed by atoms with Gasteiger partial charge in [0.05, 0.1) is 6.20 Å². The molecule has 24 heavy (non-hydrogen) atoms. The van der Waals surface area contributed by atoms with Crippen LogP contribution in [0.15, 0.2) is 34.9 Å². The molecule has 1 aromatic carbocycles. The van der Waals surface area contributed by atoms with Gasteiger partial charge in [0.15, 0.2) is 5.78 Å². The lowest BCUT2D eigenvalue weighted by atomic mass is 9.87. The van der Waals surface area contributed by atoms with E-state index in [0.29, 0.717) is 0 Å². The molecule has 1 aliphatic rings. The van der Waals surface area contributed by atoms with Crippen molar-refractivity contribution in [2.24, 2.45) is 5.92 Å². The van der Waals surface area contributed by atoms with Crippen molar-refractivity contribution in [3.05, 3.63) is 57.4 Å². The maximum absolute atomic E-state index is 13.0. The highest BCUT2D eigenvalue weighted by atomic mass is 79.9. The minimum absolute atomic E-state index is 0.0370. The van der Waals surface area contributed by atoms with Crippen LogP contribution in [0, 0.1) is 25.6 Å². The molecule has 0 unspecified atom stereocenters. The number of nitrogens with zero attached hydrogens (tertiary/aromatic N) is 2. The molecule has 0 spiro atoms. The summed E-state index contributed by atoms with van der Waals surface area (Å²) in [5.74, 6) is 0.704. The van der Waals surface area contributed by atoms with E-state index in [-0.39, 0.29) is 17.5 Å². The molecule has 0 amide bonds. The highest BCUT2D eigenvalue weighted by Crippen LogP contribution is 2.28. The molecule has 0 atom stereocenters. The number of hydrogen-bond acceptors (Lipinski definition) is 3. The van der Waals surface area contributed by atoms with Crippen LogP contribution in [0.2, 0.25) is 0 Å². The maximum atomic E-state index is 13.0. The van der Waals surface area contributed by atoms with Crippen molar-refractivity contribution >= 4 is 27.5 Å². The summed E-state index contributed by atoms with van der Waals surface area (Å²) in [5.41, 5.74) is 2.98. The van der Waals surface area contributed by atoms with E-state index in [2.05, 4.69) is 31.9 Å². The molecule has 3 rings (SSSR count). The third kappa shape index (κ3) is 3.51. The van der Waals surface area contributed by atoms with Crippen LogP contribution in [0.1, 0.15) is 34.3 Å². The molecule has 0 bridgehead atoms. The monoisotopic (exact) mass is 390 g/mol. The zero-order chi connectivity index (χ0) is 17.3. The molecule has 0 radical (unpaired) electrons. The lowest BCUT2D eigenvalue weighted by molar-refractivity contribution is 0.0899. The molecule has 1 saturated heterocycles. The highest BCUT2D eigenvalue weighted by Gasteiger charge is 2.27. The number of benzene rings is 1. The second-order valence-electron chi connectivity index (χ2n) is 6.38. The number of hydrogen-bond donors (Lipinski definition) is 0. The molecule has 126 valence electrons. The zero-order valence-electron chi connectivity index (χ0n) is 13.9. The van der Waals surface area contributed by atoms with Crippen molar-refractivity contribution in [3.8, 4) is 0 Å². The Balaban J connectivity index is 1.69. The number of pyridine rings is 1. The molecule has 1 aliphatic heterocycles. The van der Waals surface area contributed by atoms with Crippen molar-refractivity contribution < 1.29 is 9.18 Å². The fourth-order valence-corrected chi connectivity index (χ4v) is 3.58. The first-order valence-electron chi connectivity index (χ1n) is 8.13. The quantitative estimate of drug-likeness (QED) is 0.712. The van der Waals surface area contributed by atoms with Crippen molar-refractivity contribution in [3.63, 3.8) is 0 Å². The van der Waals surface area contributed by atoms with Crippen LogP contribution in [0.3, 0.4) is 0 Å². The van der Waals surface area contributed by atoms with Gasteiger partial charge < -0.3 is 4.90 Å². The van der Waals surface area contributed by atoms with Gasteiger partial charge in [0.2, 0.25) is 0 Å². The lowest BCUT2D eigenvalue weighted by Crippen LogP contribution is -2.37. The molecule has 3 nitrogen and oxygen atoms in total. The van der Waals surface area contributed by atoms with Gasteiger partial charge in [-0.15, -0.1) is 0 Å². The Morgan fingerprint density at radius 2 is 1.92 bits per heavy atom. The second-order valence-corrected chi connectivity index (χ2v) is 7.23. The third-order valence-corrected chi connectivity index (χ3v) is 5.53. The molecule has 2 heterocycles. The molecular formula is C19H20BrFN2O. The number of anilines is 1. The van der Waals surface area contributed by atoms with Crippen LogP contribution in [0.25, 0.3) is 0 Å². The summed E-state index contributed by atoms with van der Waals surface area (Å²) in [4.78, 5) is 19.1. The Morgan fingerprint density at radius 3 is 2.54 bits per heavy atom. The summed E-state index contributed by atoms with van der Waals surface area (Å²) in [6, 6.07) is 7.11. The molecule has 1 fully saturated rings. The maximum Gasteiger partial charge on any atom is 0.166 e. The SMILES string of the molecule is Cc1cc(C)c(C(=O)C2CCN(c3ccc(F)cn3)CC2)cc1Br. The van der Waals surface area contributed by atoms with Crippen molar-refractivity contribution in [2.45, 2.75) is 26.7 Å². The van der Waals surface area contributed by atoms with Crippen LogP contribution in [-0.4, -0.2) is 23.9 Å². The summed E-state index contributed by atoms with van der Waals surface area (Å²) >= 11 is 3.52. The summed E-state index contributed by atoms with van der Waals surface area (Å²) in [6.07, 6.45) is 2.82. The standard InChI is InChI=1S/C19H20BrFN2O/c1-12-9-13(2)17(20)10-16(12)19(24)14-5-7-23(8-6-14)18-4-3-15(21)11-22-18/h3-4,9-11,14H,5-8H2,1-2H3. The zero-order valence-corrected chi connectivity index (χ0v) is 15.4. The second kappa shape index (κ2) is 7.01. The number of carbonyl (C=O) groups excluding carboxylic acids is 1. The van der Waals surface area contributed by atoms with Gasteiger partial charge in [0, 0.05) is 29.0 Å². The van der Waals surface area contributed by atoms with Gasteiger partial charge in [-0.05, 0) is 56.0 Å². The van der Waals surface area contributed by atoms with E-state index >= 15 is 0 Å². The first-order valence-corrected chi connectivity index (χ1v) is 8.92. The molecule has 2 aromatic rings. The molecule has 1 aromatic heterocycles. The largest absolute Gasteiger partial charge is 0.357 e. The van der Waals surface area contributed by atoms with E-state index < -0.39 is 0 Å². The van der Waals surface area contributed by atoms with Crippen LogP contribution in [0.5, 0.6) is 0 Å². The summed E-state index contributed by atoms with van der Waals surface area (Å²) < 4.78 is 14.0. The number of aromatic nitrogens is 1. The van der Waals surface area contributed by atoms with Gasteiger partial charge in [0.25, 0.3) is 0 Å². The lowest BCUT2D eigenvalue weighted by Gasteiger charge is -2.32. The van der Waals surface area contributed by atoms with Gasteiger partial charge in [0.1, 0.15) is 11.6 Å². The molecule has 0 N–H and O–H groups in total. The predicted molar refractivity (Wildman–Crippen MR) is 97.1 cm³/mol. The van der Waals surface area contributed by atoms with E-state index in [4.69, 9.17) is 0 Å². The van der Waals surface area contributed by atoms with Gasteiger partial charge in [-0.1, -0.05) is 22.0 Å². The van der Waals surface area contributed by atoms with E-state index in [0.717, 1.165) is 52.9 Å². The highest BCUT2D eigenvalue weighted by molar-refractivity contribution is 9.10. The number of aryl methyl sites for hydroxylation is 2. The third-order valence-electron chi connectivity index (χ3n) is 4.67. The fourth-order valence-electron chi connectivity index (χ4n) is 3.24. The minimum atomic E-state index is -0.329. The number of piperidine rings is 1. The normalized spacial score (nSPS) is 15.6. The molecule has 0 aliphatic carbocycles. The Hall–Kier alpha value is -1.75. The van der Waals surface area contributed by atoms with Crippen LogP contribution < -0.4 is 4.90 Å². The van der Waals surface area contributed by atoms with Gasteiger partial charge in [-0.25, -0.2) is 9.37 Å². The van der Waals surface area contributed by atoms with Crippen molar-refractivity contribution in [2.75, 3.05) is 18.0 Å². The van der Waals surface area contributed by atoms with Crippen molar-refractivity contribution in [1.29, 1.82) is 0 Å². The summed E-state index contributed by atoms with van der Waals surface area (Å²) in [7, 11) is 0. The van der Waals surface area contributed by atoms with Gasteiger partial charge in [-0.3, -0.25) is 4.79 Å². The molecular weight excluding hydrogens is 371 g/mol. The number of halogens is 2. The van der Waals surface area contributed by atoms with Crippen LogP contribution in [-0.2, 0) is 0 Å². The summed E-state index contributed by atoms with van der Waals surface area (Å²) in [6.45, 7) is 5.55.